The molecule has 3 N–H and O–H groups in total. The van der Waals surface area contributed by atoms with Crippen molar-refractivity contribution in [2.24, 2.45) is 11.8 Å². The van der Waals surface area contributed by atoms with Crippen molar-refractivity contribution in [3.63, 3.8) is 0 Å². The van der Waals surface area contributed by atoms with Gasteiger partial charge in [-0.3, -0.25) is 0 Å². The Kier molecular flexibility index (Phi) is 11.9. The predicted molar refractivity (Wildman–Crippen MR) is 76.6 cm³/mol. The van der Waals surface area contributed by atoms with E-state index in [1.54, 1.807) is 13.8 Å². The minimum absolute atomic E-state index is 0. The van der Waals surface area contributed by atoms with Gasteiger partial charge < -0.3 is 15.3 Å². The second-order valence-electron chi connectivity index (χ2n) is 5.10. The molecular formula is C13H20Na2O5. The smallest absolute Gasteiger partial charge is 0.332 e. The summed E-state index contributed by atoms with van der Waals surface area (Å²) < 4.78 is 0. The van der Waals surface area contributed by atoms with Crippen molar-refractivity contribution in [2.45, 2.75) is 45.6 Å². The van der Waals surface area contributed by atoms with Crippen LogP contribution in [0.1, 0.15) is 39.5 Å². The zero-order valence-corrected chi connectivity index (χ0v) is 16.7. The molecule has 2 radical (unpaired) electrons. The van der Waals surface area contributed by atoms with Gasteiger partial charge in [0.25, 0.3) is 0 Å². The summed E-state index contributed by atoms with van der Waals surface area (Å²) in [6.07, 6.45) is 1.75. The van der Waals surface area contributed by atoms with Crippen LogP contribution in [-0.2, 0) is 9.59 Å². The summed E-state index contributed by atoms with van der Waals surface area (Å²) in [5.41, 5.74) is 0.00768. The Morgan fingerprint density at radius 1 is 0.950 bits per heavy atom. The Morgan fingerprint density at radius 2 is 1.40 bits per heavy atom. The molecule has 0 aromatic heterocycles. The molecule has 0 unspecified atom stereocenters. The molecule has 0 spiro atoms. The Balaban J connectivity index is 0. The van der Waals surface area contributed by atoms with Crippen molar-refractivity contribution < 1.29 is 24.9 Å². The first-order chi connectivity index (χ1) is 8.34. The van der Waals surface area contributed by atoms with Gasteiger partial charge >= 0.3 is 11.9 Å². The number of aliphatic hydroxyl groups excluding tert-OH is 1. The maximum absolute atomic E-state index is 11.3. The van der Waals surface area contributed by atoms with Gasteiger partial charge in [-0.25, -0.2) is 9.59 Å². The van der Waals surface area contributed by atoms with Gasteiger partial charge in [-0.05, 0) is 37.5 Å². The molecule has 0 bridgehead atoms. The number of carboxylic acid groups (broad SMARTS) is 2. The summed E-state index contributed by atoms with van der Waals surface area (Å²) >= 11 is 0. The first kappa shape index (κ1) is 22.9. The van der Waals surface area contributed by atoms with E-state index in [1.807, 2.05) is 0 Å². The minimum atomic E-state index is -1.16. The van der Waals surface area contributed by atoms with E-state index in [9.17, 15) is 24.9 Å². The van der Waals surface area contributed by atoms with Crippen LogP contribution in [-0.4, -0.2) is 92.5 Å². The Bertz CT molecular complexity index is 371. The van der Waals surface area contributed by atoms with E-state index >= 15 is 0 Å². The van der Waals surface area contributed by atoms with Crippen molar-refractivity contribution in [3.05, 3.63) is 11.1 Å². The molecule has 0 heterocycles. The normalized spacial score (nSPS) is 23.2. The number of rotatable bonds is 4. The average Bonchev–Trinajstić information content (AvgIpc) is 2.25. The van der Waals surface area contributed by atoms with Crippen molar-refractivity contribution in [3.8, 4) is 0 Å². The van der Waals surface area contributed by atoms with Crippen LogP contribution >= 0.6 is 0 Å². The summed E-state index contributed by atoms with van der Waals surface area (Å²) in [5, 5.41) is 27.9. The van der Waals surface area contributed by atoms with Gasteiger partial charge in [0.05, 0.1) is 17.3 Å². The quantitative estimate of drug-likeness (QED) is 0.530. The largest absolute Gasteiger partial charge is 0.478 e. The number of carboxylic acids is 2. The van der Waals surface area contributed by atoms with E-state index in [-0.39, 0.29) is 88.2 Å². The van der Waals surface area contributed by atoms with Crippen LogP contribution in [0.4, 0.5) is 0 Å². The van der Waals surface area contributed by atoms with Crippen molar-refractivity contribution in [2.75, 3.05) is 0 Å². The molecule has 5 nitrogen and oxygen atoms in total. The molecule has 0 aliphatic heterocycles. The van der Waals surface area contributed by atoms with Gasteiger partial charge in [0, 0.05) is 59.1 Å². The van der Waals surface area contributed by atoms with Crippen LogP contribution in [0.5, 0.6) is 0 Å². The third-order valence-electron chi connectivity index (χ3n) is 3.43. The number of hydrogen-bond acceptors (Lipinski definition) is 3. The third kappa shape index (κ3) is 6.18. The fourth-order valence-corrected chi connectivity index (χ4v) is 2.55. The SMILES string of the molecule is CC(C)C(C(=O)O)=C(C(=O)O)[C@H]1CC[C@@H](O)CC1.[Na].[Na]. The second-order valence-corrected chi connectivity index (χ2v) is 5.10. The minimum Gasteiger partial charge on any atom is -0.478 e. The first-order valence-electron chi connectivity index (χ1n) is 6.23. The van der Waals surface area contributed by atoms with Gasteiger partial charge in [0.15, 0.2) is 0 Å². The Labute approximate surface area is 163 Å². The maximum Gasteiger partial charge on any atom is 0.332 e. The standard InChI is InChI=1S/C13H20O5.2Na/c1-7(2)10(12(15)16)11(13(17)18)8-3-5-9(14)6-4-8;;/h7-9,14H,3-6H2,1-2H3,(H,15,16)(H,17,18);;/t8-,9+;;. The van der Waals surface area contributed by atoms with E-state index < -0.39 is 11.9 Å². The molecule has 0 aromatic rings. The molecular weight excluding hydrogens is 282 g/mol. The van der Waals surface area contributed by atoms with Crippen molar-refractivity contribution in [1.82, 2.24) is 0 Å². The third-order valence-corrected chi connectivity index (χ3v) is 3.43. The Hall–Kier alpha value is 0.640. The van der Waals surface area contributed by atoms with Gasteiger partial charge in [-0.15, -0.1) is 0 Å². The van der Waals surface area contributed by atoms with E-state index in [4.69, 9.17) is 0 Å². The van der Waals surface area contributed by atoms with Gasteiger partial charge in [-0.2, -0.15) is 0 Å². The summed E-state index contributed by atoms with van der Waals surface area (Å²) in [6, 6.07) is 0. The fourth-order valence-electron chi connectivity index (χ4n) is 2.55. The zero-order chi connectivity index (χ0) is 13.9. The van der Waals surface area contributed by atoms with Crippen LogP contribution in [0.2, 0.25) is 0 Å². The molecule has 0 atom stereocenters. The maximum atomic E-state index is 11.3. The zero-order valence-electron chi connectivity index (χ0n) is 12.7. The molecule has 1 aliphatic carbocycles. The molecule has 1 fully saturated rings. The molecule has 1 saturated carbocycles. The van der Waals surface area contributed by atoms with Crippen LogP contribution in [0.3, 0.4) is 0 Å². The van der Waals surface area contributed by atoms with E-state index in [0.717, 1.165) is 0 Å². The number of hydrogen-bond donors (Lipinski definition) is 3. The van der Waals surface area contributed by atoms with Crippen LogP contribution in [0.15, 0.2) is 11.1 Å². The Morgan fingerprint density at radius 3 is 1.70 bits per heavy atom. The van der Waals surface area contributed by atoms with Gasteiger partial charge in [-0.1, -0.05) is 13.8 Å². The van der Waals surface area contributed by atoms with E-state index in [2.05, 4.69) is 0 Å². The molecule has 7 heteroatoms. The van der Waals surface area contributed by atoms with E-state index in [1.165, 1.54) is 0 Å². The molecule has 20 heavy (non-hydrogen) atoms. The summed E-state index contributed by atoms with van der Waals surface area (Å²) in [5.74, 6) is -2.91. The fraction of sp³-hybridized carbons (Fsp3) is 0.692. The summed E-state index contributed by atoms with van der Waals surface area (Å²) in [7, 11) is 0. The van der Waals surface area contributed by atoms with Crippen LogP contribution in [0, 0.1) is 11.8 Å². The van der Waals surface area contributed by atoms with Crippen LogP contribution in [0.25, 0.3) is 0 Å². The first-order valence-corrected chi connectivity index (χ1v) is 6.23. The molecule has 1 aliphatic rings. The molecule has 0 aromatic carbocycles. The monoisotopic (exact) mass is 302 g/mol. The molecule has 0 amide bonds. The van der Waals surface area contributed by atoms with Crippen LogP contribution < -0.4 is 0 Å². The molecule has 0 saturated heterocycles. The molecule has 1 rings (SSSR count). The number of carbonyl (C=O) groups is 2. The van der Waals surface area contributed by atoms with Gasteiger partial charge in [0.1, 0.15) is 0 Å². The average molecular weight is 302 g/mol. The summed E-state index contributed by atoms with van der Waals surface area (Å²) in [6.45, 7) is 3.37. The van der Waals surface area contributed by atoms with E-state index in [0.29, 0.717) is 25.7 Å². The summed E-state index contributed by atoms with van der Waals surface area (Å²) in [4.78, 5) is 22.6. The topological polar surface area (TPSA) is 94.8 Å². The number of aliphatic carboxylic acids is 2. The predicted octanol–water partition coefficient (Wildman–Crippen LogP) is 0.898. The second kappa shape index (κ2) is 10.4. The van der Waals surface area contributed by atoms with Crippen molar-refractivity contribution >= 4 is 71.1 Å². The van der Waals surface area contributed by atoms with Gasteiger partial charge in [0.2, 0.25) is 0 Å². The molecule has 104 valence electrons. The number of aliphatic hydroxyl groups is 1. The van der Waals surface area contributed by atoms with Crippen molar-refractivity contribution in [1.29, 1.82) is 0 Å².